The molecule has 152 valence electrons. The zero-order valence-electron chi connectivity index (χ0n) is 18.3. The first-order valence-corrected chi connectivity index (χ1v) is 9.97. The Morgan fingerprint density at radius 3 is 1.89 bits per heavy atom. The van der Waals surface area contributed by atoms with Crippen LogP contribution in [-0.2, 0) is 16.6 Å². The molecule has 0 radical (unpaired) electrons. The maximum absolute atomic E-state index is 12.7. The lowest BCUT2D eigenvalue weighted by atomic mass is 9.84. The Labute approximate surface area is 164 Å². The van der Waals surface area contributed by atoms with Gasteiger partial charge in [-0.25, -0.2) is 4.79 Å². The van der Waals surface area contributed by atoms with Crippen LogP contribution < -0.4 is 4.74 Å². The van der Waals surface area contributed by atoms with Gasteiger partial charge in [-0.1, -0.05) is 32.9 Å². The molecule has 0 aromatic heterocycles. The number of aryl methyl sites for hydroxylation is 1. The largest absolute Gasteiger partial charge is 0.415 e. The van der Waals surface area contributed by atoms with E-state index in [1.165, 1.54) is 0 Å². The van der Waals surface area contributed by atoms with E-state index in [4.69, 9.17) is 4.74 Å². The van der Waals surface area contributed by atoms with Crippen LogP contribution in [0.1, 0.15) is 65.2 Å². The number of hydrogen-bond donors (Lipinski definition) is 0. The van der Waals surface area contributed by atoms with E-state index in [9.17, 15) is 9.59 Å². The molecule has 5 nitrogen and oxygen atoms in total. The van der Waals surface area contributed by atoms with Gasteiger partial charge in [0, 0.05) is 31.7 Å². The van der Waals surface area contributed by atoms with Gasteiger partial charge in [-0.3, -0.25) is 4.79 Å². The number of carbonyl (C=O) groups is 2. The van der Waals surface area contributed by atoms with E-state index in [0.717, 1.165) is 16.7 Å². The van der Waals surface area contributed by atoms with Crippen LogP contribution >= 0.6 is 0 Å². The topological polar surface area (TPSA) is 49.9 Å². The third-order valence-corrected chi connectivity index (χ3v) is 4.89. The minimum absolute atomic E-state index is 0.0468. The number of amides is 2. The molecule has 0 heterocycles. The van der Waals surface area contributed by atoms with Crippen LogP contribution in [0.5, 0.6) is 5.75 Å². The van der Waals surface area contributed by atoms with Crippen molar-refractivity contribution < 1.29 is 14.3 Å². The second-order valence-corrected chi connectivity index (χ2v) is 7.81. The Hall–Kier alpha value is -2.04. The van der Waals surface area contributed by atoms with Crippen LogP contribution in [0.15, 0.2) is 12.1 Å². The van der Waals surface area contributed by atoms with Gasteiger partial charge in [-0.05, 0) is 51.2 Å². The lowest BCUT2D eigenvalue weighted by Crippen LogP contribution is -2.34. The van der Waals surface area contributed by atoms with Crippen LogP contribution in [0, 0.1) is 6.92 Å². The van der Waals surface area contributed by atoms with Crippen molar-refractivity contribution in [3.05, 3.63) is 28.8 Å². The van der Waals surface area contributed by atoms with Gasteiger partial charge >= 0.3 is 6.09 Å². The summed E-state index contributed by atoms with van der Waals surface area (Å²) in [6.07, 6.45) is -0.143. The number of likely N-dealkylation sites (N-methyl/N-ethyl adjacent to an activating group) is 1. The van der Waals surface area contributed by atoms with Crippen molar-refractivity contribution in [3.63, 3.8) is 0 Å². The first kappa shape index (κ1) is 23.0. The van der Waals surface area contributed by atoms with E-state index in [0.29, 0.717) is 31.9 Å². The SMILES string of the molecule is CCN(CC)C(=O)Cc1cc(C(C)(C)C)cc(C)c1OC(=O)N(CC)CC. The highest BCUT2D eigenvalue weighted by Crippen LogP contribution is 2.32. The van der Waals surface area contributed by atoms with Gasteiger partial charge in [0.15, 0.2) is 0 Å². The molecule has 0 fully saturated rings. The zero-order chi connectivity index (χ0) is 20.8. The van der Waals surface area contributed by atoms with Crippen molar-refractivity contribution in [1.82, 2.24) is 9.80 Å². The summed E-state index contributed by atoms with van der Waals surface area (Å²) in [5.74, 6) is 0.561. The highest BCUT2D eigenvalue weighted by Gasteiger charge is 2.23. The Kier molecular flexibility index (Phi) is 8.32. The lowest BCUT2D eigenvalue weighted by Gasteiger charge is -2.25. The number of ether oxygens (including phenoxy) is 1. The van der Waals surface area contributed by atoms with Crippen LogP contribution in [0.3, 0.4) is 0 Å². The number of hydrogen-bond acceptors (Lipinski definition) is 3. The molecule has 0 saturated heterocycles. The molecule has 0 aliphatic carbocycles. The number of carbonyl (C=O) groups excluding carboxylic acids is 2. The molecule has 1 aromatic carbocycles. The molecule has 27 heavy (non-hydrogen) atoms. The summed E-state index contributed by atoms with van der Waals surface area (Å²) in [5, 5.41) is 0. The molecule has 0 N–H and O–H groups in total. The monoisotopic (exact) mass is 376 g/mol. The fraction of sp³-hybridized carbons (Fsp3) is 0.636. The fourth-order valence-electron chi connectivity index (χ4n) is 3.04. The summed E-state index contributed by atoms with van der Waals surface area (Å²) in [4.78, 5) is 28.6. The minimum Gasteiger partial charge on any atom is -0.410 e. The third-order valence-electron chi connectivity index (χ3n) is 4.89. The molecule has 0 saturated carbocycles. The highest BCUT2D eigenvalue weighted by atomic mass is 16.6. The molecule has 0 unspecified atom stereocenters. The van der Waals surface area contributed by atoms with Crippen molar-refractivity contribution in [2.45, 2.75) is 67.2 Å². The van der Waals surface area contributed by atoms with Gasteiger partial charge in [-0.2, -0.15) is 0 Å². The second-order valence-electron chi connectivity index (χ2n) is 7.81. The summed E-state index contributed by atoms with van der Waals surface area (Å²) in [5.41, 5.74) is 2.73. The fourth-order valence-corrected chi connectivity index (χ4v) is 3.04. The van der Waals surface area contributed by atoms with Crippen molar-refractivity contribution in [1.29, 1.82) is 0 Å². The minimum atomic E-state index is -0.372. The summed E-state index contributed by atoms with van der Waals surface area (Å²) in [6, 6.07) is 4.06. The van der Waals surface area contributed by atoms with Crippen molar-refractivity contribution in [3.8, 4) is 5.75 Å². The van der Waals surface area contributed by atoms with E-state index >= 15 is 0 Å². The molecule has 2 amide bonds. The van der Waals surface area contributed by atoms with E-state index in [1.807, 2.05) is 40.7 Å². The highest BCUT2D eigenvalue weighted by molar-refractivity contribution is 5.80. The maximum Gasteiger partial charge on any atom is 0.415 e. The molecule has 0 aliphatic rings. The van der Waals surface area contributed by atoms with Crippen molar-refractivity contribution >= 4 is 12.0 Å². The molecule has 0 atom stereocenters. The smallest absolute Gasteiger partial charge is 0.410 e. The summed E-state index contributed by atoms with van der Waals surface area (Å²) >= 11 is 0. The molecule has 5 heteroatoms. The Balaban J connectivity index is 3.35. The average Bonchev–Trinajstić information content (AvgIpc) is 2.58. The van der Waals surface area contributed by atoms with Crippen molar-refractivity contribution in [2.75, 3.05) is 26.2 Å². The Morgan fingerprint density at radius 1 is 0.926 bits per heavy atom. The maximum atomic E-state index is 12.7. The summed E-state index contributed by atoms with van der Waals surface area (Å²) in [7, 11) is 0. The Morgan fingerprint density at radius 2 is 1.44 bits per heavy atom. The predicted molar refractivity (Wildman–Crippen MR) is 110 cm³/mol. The zero-order valence-corrected chi connectivity index (χ0v) is 18.3. The van der Waals surface area contributed by atoms with Crippen LogP contribution in [0.2, 0.25) is 0 Å². The van der Waals surface area contributed by atoms with Gasteiger partial charge < -0.3 is 14.5 Å². The number of rotatable bonds is 7. The standard InChI is InChI=1S/C22H36N2O3/c1-9-23(10-2)19(25)15-17-14-18(22(6,7)8)13-16(5)20(17)27-21(26)24(11-3)12-4/h13-14H,9-12,15H2,1-8H3. The van der Waals surface area contributed by atoms with Crippen molar-refractivity contribution in [2.24, 2.45) is 0 Å². The van der Waals surface area contributed by atoms with E-state index in [1.54, 1.807) is 9.80 Å². The van der Waals surface area contributed by atoms with Crippen LogP contribution in [0.25, 0.3) is 0 Å². The molecule has 0 bridgehead atoms. The first-order chi connectivity index (χ1) is 12.6. The van der Waals surface area contributed by atoms with E-state index in [2.05, 4.69) is 26.8 Å². The van der Waals surface area contributed by atoms with Crippen LogP contribution in [-0.4, -0.2) is 48.0 Å². The molecular formula is C22H36N2O3. The first-order valence-electron chi connectivity index (χ1n) is 9.97. The number of nitrogens with zero attached hydrogens (tertiary/aromatic N) is 2. The quantitative estimate of drug-likeness (QED) is 0.702. The molecule has 1 aromatic rings. The molecular weight excluding hydrogens is 340 g/mol. The lowest BCUT2D eigenvalue weighted by molar-refractivity contribution is -0.130. The van der Waals surface area contributed by atoms with Gasteiger partial charge in [0.2, 0.25) is 5.91 Å². The predicted octanol–water partition coefficient (Wildman–Crippen LogP) is 4.54. The van der Waals surface area contributed by atoms with Gasteiger partial charge in [0.25, 0.3) is 0 Å². The van der Waals surface area contributed by atoms with Gasteiger partial charge in [0.05, 0.1) is 6.42 Å². The van der Waals surface area contributed by atoms with E-state index < -0.39 is 0 Å². The number of benzene rings is 1. The van der Waals surface area contributed by atoms with Gasteiger partial charge in [-0.15, -0.1) is 0 Å². The molecule has 0 spiro atoms. The van der Waals surface area contributed by atoms with E-state index in [-0.39, 0.29) is 23.8 Å². The summed E-state index contributed by atoms with van der Waals surface area (Å²) in [6.45, 7) is 18.6. The Bertz CT molecular complexity index is 654. The average molecular weight is 377 g/mol. The van der Waals surface area contributed by atoms with Gasteiger partial charge in [0.1, 0.15) is 5.75 Å². The molecule has 1 rings (SSSR count). The third kappa shape index (κ3) is 5.98. The van der Waals surface area contributed by atoms with Crippen LogP contribution in [0.4, 0.5) is 4.79 Å². The molecule has 0 aliphatic heterocycles. The normalized spacial score (nSPS) is 11.3. The second kappa shape index (κ2) is 9.77. The summed E-state index contributed by atoms with van der Waals surface area (Å²) < 4.78 is 5.75.